The first-order valence-electron chi connectivity index (χ1n) is 4.08. The highest BCUT2D eigenvalue weighted by Gasteiger charge is 2.04. The standard InChI is InChI=1S/C8H13N3OS/c1-6(9)2-8(12)10-3-7-4-13-5-11-7/h4-6H,2-3,9H2,1H3,(H,10,12). The number of amides is 1. The summed E-state index contributed by atoms with van der Waals surface area (Å²) < 4.78 is 0. The van der Waals surface area contributed by atoms with Gasteiger partial charge in [0.05, 0.1) is 17.7 Å². The molecule has 1 aromatic heterocycles. The lowest BCUT2D eigenvalue weighted by molar-refractivity contribution is -0.121. The van der Waals surface area contributed by atoms with Gasteiger partial charge in [-0.05, 0) is 6.92 Å². The molecule has 1 unspecified atom stereocenters. The number of nitrogens with two attached hydrogens (primary N) is 1. The van der Waals surface area contributed by atoms with Gasteiger partial charge < -0.3 is 11.1 Å². The second-order valence-corrected chi connectivity index (χ2v) is 3.66. The lowest BCUT2D eigenvalue weighted by Gasteiger charge is -2.05. The number of hydrogen-bond acceptors (Lipinski definition) is 4. The molecule has 1 aromatic rings. The molecule has 0 saturated heterocycles. The van der Waals surface area contributed by atoms with Crippen LogP contribution in [0.4, 0.5) is 0 Å². The zero-order valence-electron chi connectivity index (χ0n) is 7.49. The van der Waals surface area contributed by atoms with Crippen LogP contribution in [0.15, 0.2) is 10.9 Å². The number of thiazole rings is 1. The van der Waals surface area contributed by atoms with Gasteiger partial charge >= 0.3 is 0 Å². The smallest absolute Gasteiger partial charge is 0.221 e. The van der Waals surface area contributed by atoms with Crippen molar-refractivity contribution < 1.29 is 4.79 Å². The average Bonchev–Trinajstić information content (AvgIpc) is 2.51. The van der Waals surface area contributed by atoms with Crippen molar-refractivity contribution in [2.24, 2.45) is 5.73 Å². The summed E-state index contributed by atoms with van der Waals surface area (Å²) in [6, 6.07) is -0.0876. The van der Waals surface area contributed by atoms with Gasteiger partial charge in [0.1, 0.15) is 0 Å². The predicted molar refractivity (Wildman–Crippen MR) is 52.2 cm³/mol. The van der Waals surface area contributed by atoms with E-state index in [2.05, 4.69) is 10.3 Å². The summed E-state index contributed by atoms with van der Waals surface area (Å²) in [6.07, 6.45) is 0.365. The van der Waals surface area contributed by atoms with Crippen LogP contribution in [0.1, 0.15) is 19.0 Å². The molecule has 72 valence electrons. The van der Waals surface area contributed by atoms with Crippen molar-refractivity contribution in [1.82, 2.24) is 10.3 Å². The number of nitrogens with one attached hydrogen (secondary N) is 1. The monoisotopic (exact) mass is 199 g/mol. The normalized spacial score (nSPS) is 12.5. The van der Waals surface area contributed by atoms with Crippen LogP contribution in [0, 0.1) is 0 Å². The second kappa shape index (κ2) is 4.94. The maximum atomic E-state index is 11.1. The van der Waals surface area contributed by atoms with Gasteiger partial charge in [-0.15, -0.1) is 11.3 Å². The number of hydrogen-bond donors (Lipinski definition) is 2. The second-order valence-electron chi connectivity index (χ2n) is 2.94. The molecule has 4 nitrogen and oxygen atoms in total. The van der Waals surface area contributed by atoms with E-state index in [9.17, 15) is 4.79 Å². The first kappa shape index (κ1) is 10.1. The minimum atomic E-state index is -0.0876. The van der Waals surface area contributed by atoms with Crippen molar-refractivity contribution in [3.05, 3.63) is 16.6 Å². The highest BCUT2D eigenvalue weighted by atomic mass is 32.1. The highest BCUT2D eigenvalue weighted by Crippen LogP contribution is 1.99. The van der Waals surface area contributed by atoms with Crippen LogP contribution in [0.5, 0.6) is 0 Å². The van der Waals surface area contributed by atoms with Crippen molar-refractivity contribution in [3.8, 4) is 0 Å². The summed E-state index contributed by atoms with van der Waals surface area (Å²) in [5.41, 5.74) is 8.10. The van der Waals surface area contributed by atoms with E-state index in [-0.39, 0.29) is 11.9 Å². The van der Waals surface area contributed by atoms with Crippen molar-refractivity contribution in [1.29, 1.82) is 0 Å². The predicted octanol–water partition coefficient (Wildman–Crippen LogP) is 0.497. The molecule has 1 rings (SSSR count). The van der Waals surface area contributed by atoms with E-state index in [1.54, 1.807) is 5.51 Å². The van der Waals surface area contributed by atoms with Crippen LogP contribution in [-0.4, -0.2) is 16.9 Å². The number of nitrogens with zero attached hydrogens (tertiary/aromatic N) is 1. The zero-order valence-corrected chi connectivity index (χ0v) is 8.30. The zero-order chi connectivity index (χ0) is 9.68. The van der Waals surface area contributed by atoms with Crippen molar-refractivity contribution in [2.45, 2.75) is 25.9 Å². The third-order valence-electron chi connectivity index (χ3n) is 1.46. The van der Waals surface area contributed by atoms with Crippen LogP contribution >= 0.6 is 11.3 Å². The fourth-order valence-electron chi connectivity index (χ4n) is 0.879. The molecule has 1 heterocycles. The molecule has 0 spiro atoms. The number of aromatic nitrogens is 1. The molecular weight excluding hydrogens is 186 g/mol. The quantitative estimate of drug-likeness (QED) is 0.742. The Labute approximate surface area is 81.2 Å². The van der Waals surface area contributed by atoms with E-state index >= 15 is 0 Å². The van der Waals surface area contributed by atoms with E-state index in [4.69, 9.17) is 5.73 Å². The summed E-state index contributed by atoms with van der Waals surface area (Å²) in [7, 11) is 0. The molecule has 0 aromatic carbocycles. The molecule has 0 aliphatic carbocycles. The van der Waals surface area contributed by atoms with Gasteiger partial charge in [0.2, 0.25) is 5.91 Å². The minimum Gasteiger partial charge on any atom is -0.350 e. The SMILES string of the molecule is CC(N)CC(=O)NCc1cscn1. The molecule has 0 aliphatic rings. The summed E-state index contributed by atoms with van der Waals surface area (Å²) in [4.78, 5) is 15.2. The van der Waals surface area contributed by atoms with E-state index in [0.717, 1.165) is 5.69 Å². The molecule has 0 saturated carbocycles. The Morgan fingerprint density at radius 1 is 1.85 bits per heavy atom. The van der Waals surface area contributed by atoms with Gasteiger partial charge in [0, 0.05) is 17.8 Å². The molecule has 13 heavy (non-hydrogen) atoms. The van der Waals surface area contributed by atoms with E-state index < -0.39 is 0 Å². The van der Waals surface area contributed by atoms with Crippen LogP contribution in [0.3, 0.4) is 0 Å². The lowest BCUT2D eigenvalue weighted by atomic mass is 10.2. The molecule has 5 heteroatoms. The topological polar surface area (TPSA) is 68.0 Å². The fraction of sp³-hybridized carbons (Fsp3) is 0.500. The minimum absolute atomic E-state index is 0.0250. The van der Waals surface area contributed by atoms with Crippen molar-refractivity contribution in [3.63, 3.8) is 0 Å². The lowest BCUT2D eigenvalue weighted by Crippen LogP contribution is -2.29. The molecule has 1 atom stereocenters. The third kappa shape index (κ3) is 4.00. The van der Waals surface area contributed by atoms with Gasteiger partial charge in [-0.25, -0.2) is 4.98 Å². The summed E-state index contributed by atoms with van der Waals surface area (Å²) >= 11 is 1.52. The Kier molecular flexibility index (Phi) is 3.85. The van der Waals surface area contributed by atoms with Crippen LogP contribution in [0.25, 0.3) is 0 Å². The van der Waals surface area contributed by atoms with Gasteiger partial charge in [-0.1, -0.05) is 0 Å². The van der Waals surface area contributed by atoms with Crippen LogP contribution in [0.2, 0.25) is 0 Å². The van der Waals surface area contributed by atoms with Gasteiger partial charge in [-0.2, -0.15) is 0 Å². The average molecular weight is 199 g/mol. The Bertz CT molecular complexity index is 258. The molecule has 3 N–H and O–H groups in total. The number of carbonyl (C=O) groups is 1. The molecule has 0 fully saturated rings. The Balaban J connectivity index is 2.23. The third-order valence-corrected chi connectivity index (χ3v) is 2.09. The summed E-state index contributed by atoms with van der Waals surface area (Å²) in [6.45, 7) is 2.30. The van der Waals surface area contributed by atoms with E-state index in [0.29, 0.717) is 13.0 Å². The van der Waals surface area contributed by atoms with Gasteiger partial charge in [-0.3, -0.25) is 4.79 Å². The Morgan fingerprint density at radius 3 is 3.15 bits per heavy atom. The van der Waals surface area contributed by atoms with Crippen LogP contribution in [-0.2, 0) is 11.3 Å². The first-order valence-corrected chi connectivity index (χ1v) is 5.02. The molecule has 1 amide bonds. The maximum absolute atomic E-state index is 11.1. The van der Waals surface area contributed by atoms with Gasteiger partial charge in [0.25, 0.3) is 0 Å². The van der Waals surface area contributed by atoms with Crippen molar-refractivity contribution >= 4 is 17.2 Å². The number of rotatable bonds is 4. The highest BCUT2D eigenvalue weighted by molar-refractivity contribution is 7.07. The largest absolute Gasteiger partial charge is 0.350 e. The molecule has 0 bridgehead atoms. The Hall–Kier alpha value is -0.940. The molecular formula is C8H13N3OS. The van der Waals surface area contributed by atoms with Crippen LogP contribution < -0.4 is 11.1 Å². The molecule has 0 radical (unpaired) electrons. The maximum Gasteiger partial charge on any atom is 0.221 e. The number of carbonyl (C=O) groups excluding carboxylic acids is 1. The Morgan fingerprint density at radius 2 is 2.62 bits per heavy atom. The van der Waals surface area contributed by atoms with Crippen molar-refractivity contribution in [2.75, 3.05) is 0 Å². The van der Waals surface area contributed by atoms with E-state index in [1.165, 1.54) is 11.3 Å². The van der Waals surface area contributed by atoms with E-state index in [1.807, 2.05) is 12.3 Å². The molecule has 0 aliphatic heterocycles. The first-order chi connectivity index (χ1) is 6.18. The van der Waals surface area contributed by atoms with Gasteiger partial charge in [0.15, 0.2) is 0 Å². The summed E-state index contributed by atoms with van der Waals surface area (Å²) in [5, 5.41) is 4.65. The fourth-order valence-corrected chi connectivity index (χ4v) is 1.44. The summed E-state index contributed by atoms with van der Waals surface area (Å²) in [5.74, 6) is -0.0250.